The Labute approximate surface area is 148 Å². The second kappa shape index (κ2) is 8.13. The van der Waals surface area contributed by atoms with Gasteiger partial charge in [-0.15, -0.1) is 0 Å². The summed E-state index contributed by atoms with van der Waals surface area (Å²) in [4.78, 5) is 0. The molecule has 0 saturated carbocycles. The molecule has 3 rings (SSSR count). The van der Waals surface area contributed by atoms with Crippen LogP contribution in [-0.2, 0) is 13.1 Å². The normalized spacial score (nSPS) is 11.2. The first kappa shape index (κ1) is 17.4. The van der Waals surface area contributed by atoms with Gasteiger partial charge in [-0.3, -0.25) is 0 Å². The maximum absolute atomic E-state index is 13.0. The van der Waals surface area contributed by atoms with Crippen LogP contribution in [0.2, 0.25) is 0 Å². The van der Waals surface area contributed by atoms with E-state index in [0.29, 0.717) is 25.6 Å². The average molecular weight is 337 g/mol. The summed E-state index contributed by atoms with van der Waals surface area (Å²) in [6.45, 7) is 6.38. The zero-order valence-electron chi connectivity index (χ0n) is 14.8. The van der Waals surface area contributed by atoms with Crippen LogP contribution in [0.3, 0.4) is 0 Å². The molecule has 1 N–H and O–H groups in total. The van der Waals surface area contributed by atoms with Gasteiger partial charge in [0.2, 0.25) is 0 Å². The quantitative estimate of drug-likeness (QED) is 0.631. The van der Waals surface area contributed by atoms with E-state index in [1.165, 1.54) is 28.5 Å². The number of fused-ring (bicyclic) bond motifs is 1. The Kier molecular flexibility index (Phi) is 5.67. The van der Waals surface area contributed by atoms with Gasteiger partial charge in [0.1, 0.15) is 11.6 Å². The van der Waals surface area contributed by atoms with Crippen molar-refractivity contribution in [2.24, 2.45) is 5.92 Å². The van der Waals surface area contributed by atoms with E-state index in [2.05, 4.69) is 49.5 Å². The highest BCUT2D eigenvalue weighted by molar-refractivity contribution is 5.87. The molecule has 3 aromatic rings. The van der Waals surface area contributed by atoms with Crippen molar-refractivity contribution in [3.8, 4) is 5.75 Å². The summed E-state index contributed by atoms with van der Waals surface area (Å²) >= 11 is 0. The van der Waals surface area contributed by atoms with Crippen molar-refractivity contribution in [1.82, 2.24) is 5.32 Å². The van der Waals surface area contributed by atoms with Gasteiger partial charge in [0.05, 0.1) is 6.61 Å². The molecule has 0 aromatic heterocycles. The zero-order valence-corrected chi connectivity index (χ0v) is 14.8. The van der Waals surface area contributed by atoms with E-state index in [0.717, 1.165) is 11.3 Å². The topological polar surface area (TPSA) is 21.3 Å². The van der Waals surface area contributed by atoms with Gasteiger partial charge in [0.15, 0.2) is 0 Å². The van der Waals surface area contributed by atoms with Gasteiger partial charge >= 0.3 is 0 Å². The first-order valence-corrected chi connectivity index (χ1v) is 8.72. The fourth-order valence-corrected chi connectivity index (χ4v) is 2.82. The molecule has 130 valence electrons. The standard InChI is InChI=1S/C22H24FNO/c1-16(2)15-25-22-12-9-18-5-3-4-6-20(18)21(22)14-24-13-17-7-10-19(23)11-8-17/h3-12,16,24H,13-15H2,1-2H3. The molecule has 0 aliphatic heterocycles. The summed E-state index contributed by atoms with van der Waals surface area (Å²) in [5, 5.41) is 5.87. The van der Waals surface area contributed by atoms with Crippen molar-refractivity contribution in [2.75, 3.05) is 6.61 Å². The molecule has 0 aliphatic carbocycles. The van der Waals surface area contributed by atoms with Crippen molar-refractivity contribution in [1.29, 1.82) is 0 Å². The Morgan fingerprint density at radius 1 is 0.920 bits per heavy atom. The van der Waals surface area contributed by atoms with Gasteiger partial charge in [0.25, 0.3) is 0 Å². The average Bonchev–Trinajstić information content (AvgIpc) is 2.62. The summed E-state index contributed by atoms with van der Waals surface area (Å²) in [6, 6.07) is 19.1. The molecular weight excluding hydrogens is 313 g/mol. The van der Waals surface area contributed by atoms with Crippen molar-refractivity contribution >= 4 is 10.8 Å². The highest BCUT2D eigenvalue weighted by Gasteiger charge is 2.09. The van der Waals surface area contributed by atoms with Crippen LogP contribution < -0.4 is 10.1 Å². The second-order valence-electron chi connectivity index (χ2n) is 6.70. The van der Waals surface area contributed by atoms with Crippen LogP contribution in [0.4, 0.5) is 4.39 Å². The van der Waals surface area contributed by atoms with Crippen molar-refractivity contribution in [3.05, 3.63) is 77.6 Å². The molecule has 3 heteroatoms. The molecule has 0 radical (unpaired) electrons. The van der Waals surface area contributed by atoms with Crippen LogP contribution >= 0.6 is 0 Å². The van der Waals surface area contributed by atoms with E-state index in [4.69, 9.17) is 4.74 Å². The number of nitrogens with one attached hydrogen (secondary N) is 1. The molecule has 0 fully saturated rings. The maximum atomic E-state index is 13.0. The lowest BCUT2D eigenvalue weighted by molar-refractivity contribution is 0.268. The van der Waals surface area contributed by atoms with E-state index >= 15 is 0 Å². The van der Waals surface area contributed by atoms with Gasteiger partial charge in [-0.2, -0.15) is 0 Å². The number of hydrogen-bond donors (Lipinski definition) is 1. The number of benzene rings is 3. The smallest absolute Gasteiger partial charge is 0.124 e. The SMILES string of the molecule is CC(C)COc1ccc2ccccc2c1CNCc1ccc(F)cc1. The number of ether oxygens (including phenoxy) is 1. The van der Waals surface area contributed by atoms with Crippen molar-refractivity contribution in [2.45, 2.75) is 26.9 Å². The van der Waals surface area contributed by atoms with Gasteiger partial charge in [0, 0.05) is 18.7 Å². The lowest BCUT2D eigenvalue weighted by atomic mass is 10.0. The minimum Gasteiger partial charge on any atom is -0.493 e. The molecule has 3 aromatic carbocycles. The van der Waals surface area contributed by atoms with Crippen LogP contribution in [-0.4, -0.2) is 6.61 Å². The molecule has 0 heterocycles. The van der Waals surface area contributed by atoms with E-state index in [-0.39, 0.29) is 5.82 Å². The Bertz CT molecular complexity index is 827. The van der Waals surface area contributed by atoms with Gasteiger partial charge in [-0.25, -0.2) is 4.39 Å². The Hall–Kier alpha value is -2.39. The van der Waals surface area contributed by atoms with Crippen molar-refractivity contribution < 1.29 is 9.13 Å². The molecule has 0 spiro atoms. The predicted molar refractivity (Wildman–Crippen MR) is 101 cm³/mol. The van der Waals surface area contributed by atoms with Gasteiger partial charge < -0.3 is 10.1 Å². The van der Waals surface area contributed by atoms with Crippen LogP contribution in [0.1, 0.15) is 25.0 Å². The molecular formula is C22H24FNO. The fraction of sp³-hybridized carbons (Fsp3) is 0.273. The highest BCUT2D eigenvalue weighted by Crippen LogP contribution is 2.28. The highest BCUT2D eigenvalue weighted by atomic mass is 19.1. The molecule has 0 atom stereocenters. The monoisotopic (exact) mass is 337 g/mol. The van der Waals surface area contributed by atoms with Crippen LogP contribution in [0, 0.1) is 11.7 Å². The summed E-state index contributed by atoms with van der Waals surface area (Å²) in [5.74, 6) is 1.20. The largest absolute Gasteiger partial charge is 0.493 e. The summed E-state index contributed by atoms with van der Waals surface area (Å²) in [6.07, 6.45) is 0. The minimum absolute atomic E-state index is 0.206. The molecule has 0 amide bonds. The minimum atomic E-state index is -0.206. The zero-order chi connectivity index (χ0) is 17.6. The van der Waals surface area contributed by atoms with Crippen LogP contribution in [0.5, 0.6) is 5.75 Å². The third-order valence-corrected chi connectivity index (χ3v) is 4.11. The van der Waals surface area contributed by atoms with E-state index < -0.39 is 0 Å². The maximum Gasteiger partial charge on any atom is 0.124 e. The summed E-state index contributed by atoms with van der Waals surface area (Å²) in [7, 11) is 0. The lowest BCUT2D eigenvalue weighted by Gasteiger charge is -2.16. The summed E-state index contributed by atoms with van der Waals surface area (Å²) < 4.78 is 19.0. The van der Waals surface area contributed by atoms with Crippen molar-refractivity contribution in [3.63, 3.8) is 0 Å². The number of rotatable bonds is 7. The van der Waals surface area contributed by atoms with E-state index in [1.54, 1.807) is 0 Å². The Balaban J connectivity index is 1.79. The fourth-order valence-electron chi connectivity index (χ4n) is 2.82. The number of halogens is 1. The van der Waals surface area contributed by atoms with Crippen LogP contribution in [0.15, 0.2) is 60.7 Å². The molecule has 25 heavy (non-hydrogen) atoms. The third-order valence-electron chi connectivity index (χ3n) is 4.11. The first-order chi connectivity index (χ1) is 12.1. The molecule has 0 saturated heterocycles. The summed E-state index contributed by atoms with van der Waals surface area (Å²) in [5.41, 5.74) is 2.23. The molecule has 0 unspecified atom stereocenters. The molecule has 0 bridgehead atoms. The second-order valence-corrected chi connectivity index (χ2v) is 6.70. The first-order valence-electron chi connectivity index (χ1n) is 8.72. The Morgan fingerprint density at radius 3 is 2.44 bits per heavy atom. The van der Waals surface area contributed by atoms with Crippen LogP contribution in [0.25, 0.3) is 10.8 Å². The molecule has 0 aliphatic rings. The number of hydrogen-bond acceptors (Lipinski definition) is 2. The van der Waals surface area contributed by atoms with E-state index in [9.17, 15) is 4.39 Å². The van der Waals surface area contributed by atoms with Gasteiger partial charge in [-0.05, 0) is 40.5 Å². The third kappa shape index (κ3) is 4.58. The Morgan fingerprint density at radius 2 is 1.68 bits per heavy atom. The van der Waals surface area contributed by atoms with Gasteiger partial charge in [-0.1, -0.05) is 56.3 Å². The lowest BCUT2D eigenvalue weighted by Crippen LogP contribution is -2.15. The predicted octanol–water partition coefficient (Wildman–Crippen LogP) is 5.30. The molecule has 2 nitrogen and oxygen atoms in total. The van der Waals surface area contributed by atoms with E-state index in [1.807, 2.05) is 18.2 Å².